The van der Waals surface area contributed by atoms with Crippen molar-refractivity contribution in [3.8, 4) is 0 Å². The number of pyridine rings is 1. The summed E-state index contributed by atoms with van der Waals surface area (Å²) in [6, 6.07) is 8.60. The number of nitrogens with zero attached hydrogens (tertiary/aromatic N) is 2. The molecule has 0 amide bonds. The van der Waals surface area contributed by atoms with E-state index < -0.39 is 11.6 Å². The second-order valence-corrected chi connectivity index (χ2v) is 5.06. The fraction of sp³-hybridized carbons (Fsp3) is 0.267. The molecule has 0 bridgehead atoms. The van der Waals surface area contributed by atoms with E-state index in [4.69, 9.17) is 5.73 Å². The van der Waals surface area contributed by atoms with Gasteiger partial charge in [-0.25, -0.2) is 13.8 Å². The van der Waals surface area contributed by atoms with E-state index in [1.54, 1.807) is 0 Å². The minimum Gasteiger partial charge on any atom is -0.399 e. The number of rotatable bonds is 4. The molecule has 1 aromatic carbocycles. The average molecular weight is 275 g/mol. The number of halogens is 2. The van der Waals surface area contributed by atoms with E-state index in [-0.39, 0.29) is 11.9 Å². The van der Waals surface area contributed by atoms with Crippen molar-refractivity contribution in [1.29, 1.82) is 0 Å². The molecule has 1 heterocycles. The summed E-state index contributed by atoms with van der Waals surface area (Å²) >= 11 is 0. The molecule has 2 aromatic rings. The fourth-order valence-electron chi connectivity index (χ4n) is 2.20. The van der Waals surface area contributed by atoms with Crippen LogP contribution in [0.1, 0.15) is 18.4 Å². The Morgan fingerprint density at radius 2 is 1.90 bits per heavy atom. The van der Waals surface area contributed by atoms with Crippen molar-refractivity contribution >= 4 is 11.5 Å². The summed E-state index contributed by atoms with van der Waals surface area (Å²) in [6.45, 7) is 0.542. The van der Waals surface area contributed by atoms with Gasteiger partial charge >= 0.3 is 0 Å². The number of hydrogen-bond donors (Lipinski definition) is 1. The molecule has 0 atom stereocenters. The van der Waals surface area contributed by atoms with Crippen molar-refractivity contribution in [2.75, 3.05) is 10.6 Å². The highest BCUT2D eigenvalue weighted by Gasteiger charge is 2.31. The molecule has 3 nitrogen and oxygen atoms in total. The van der Waals surface area contributed by atoms with Crippen LogP contribution in [-0.4, -0.2) is 11.0 Å². The summed E-state index contributed by atoms with van der Waals surface area (Å²) in [4.78, 5) is 5.79. The second kappa shape index (κ2) is 5.07. The third kappa shape index (κ3) is 2.71. The van der Waals surface area contributed by atoms with Crippen LogP contribution >= 0.6 is 0 Å². The Morgan fingerprint density at radius 1 is 1.20 bits per heavy atom. The van der Waals surface area contributed by atoms with E-state index in [0.717, 1.165) is 30.7 Å². The van der Waals surface area contributed by atoms with Gasteiger partial charge in [0.1, 0.15) is 5.82 Å². The number of hydrogen-bond acceptors (Lipinski definition) is 3. The number of anilines is 2. The van der Waals surface area contributed by atoms with Crippen molar-refractivity contribution in [1.82, 2.24) is 4.98 Å². The van der Waals surface area contributed by atoms with Gasteiger partial charge in [0.2, 0.25) is 0 Å². The van der Waals surface area contributed by atoms with E-state index in [2.05, 4.69) is 4.98 Å². The topological polar surface area (TPSA) is 42.1 Å². The van der Waals surface area contributed by atoms with Gasteiger partial charge in [-0.05, 0) is 30.5 Å². The summed E-state index contributed by atoms with van der Waals surface area (Å²) < 4.78 is 26.9. The van der Waals surface area contributed by atoms with Crippen LogP contribution in [0.2, 0.25) is 0 Å². The largest absolute Gasteiger partial charge is 0.399 e. The standard InChI is InChI=1S/C15H15F2N3/c16-11-7-14(17)15(19-8-11)20(13-5-6-13)9-10-1-3-12(18)4-2-10/h1-4,7-8,13H,5-6,9,18H2. The van der Waals surface area contributed by atoms with Gasteiger partial charge in [-0.2, -0.15) is 0 Å². The SMILES string of the molecule is Nc1ccc(CN(c2ncc(F)cc2F)C2CC2)cc1. The predicted molar refractivity (Wildman–Crippen MR) is 74.2 cm³/mol. The molecule has 1 fully saturated rings. The normalized spacial score (nSPS) is 14.3. The molecule has 1 aromatic heterocycles. The third-order valence-electron chi connectivity index (χ3n) is 3.38. The van der Waals surface area contributed by atoms with E-state index in [0.29, 0.717) is 12.2 Å². The molecule has 104 valence electrons. The first-order chi connectivity index (χ1) is 9.63. The predicted octanol–water partition coefficient (Wildman–Crippen LogP) is 3.11. The van der Waals surface area contributed by atoms with E-state index >= 15 is 0 Å². The number of aromatic nitrogens is 1. The quantitative estimate of drug-likeness (QED) is 0.872. The first-order valence-electron chi connectivity index (χ1n) is 6.55. The van der Waals surface area contributed by atoms with Crippen LogP contribution in [0.4, 0.5) is 20.3 Å². The van der Waals surface area contributed by atoms with Crippen molar-refractivity contribution in [2.24, 2.45) is 0 Å². The van der Waals surface area contributed by atoms with Crippen LogP contribution in [0.5, 0.6) is 0 Å². The van der Waals surface area contributed by atoms with Crippen LogP contribution in [0.3, 0.4) is 0 Å². The van der Waals surface area contributed by atoms with Gasteiger partial charge in [-0.3, -0.25) is 0 Å². The smallest absolute Gasteiger partial charge is 0.168 e. The fourth-order valence-corrected chi connectivity index (χ4v) is 2.20. The van der Waals surface area contributed by atoms with Crippen LogP contribution in [0.25, 0.3) is 0 Å². The number of nitrogens with two attached hydrogens (primary N) is 1. The van der Waals surface area contributed by atoms with Gasteiger partial charge in [0.15, 0.2) is 11.6 Å². The Hall–Kier alpha value is -2.17. The molecule has 0 spiro atoms. The van der Waals surface area contributed by atoms with Crippen LogP contribution in [0, 0.1) is 11.6 Å². The zero-order chi connectivity index (χ0) is 14.1. The molecular formula is C15H15F2N3. The van der Waals surface area contributed by atoms with Gasteiger partial charge in [0.05, 0.1) is 6.20 Å². The molecular weight excluding hydrogens is 260 g/mol. The maximum Gasteiger partial charge on any atom is 0.168 e. The Balaban J connectivity index is 1.87. The Labute approximate surface area is 116 Å². The van der Waals surface area contributed by atoms with E-state index in [1.165, 1.54) is 0 Å². The number of nitrogen functional groups attached to an aromatic ring is 1. The van der Waals surface area contributed by atoms with Crippen molar-refractivity contribution in [2.45, 2.75) is 25.4 Å². The lowest BCUT2D eigenvalue weighted by Crippen LogP contribution is -2.27. The average Bonchev–Trinajstić information content (AvgIpc) is 3.23. The van der Waals surface area contributed by atoms with Gasteiger partial charge in [0, 0.05) is 24.3 Å². The van der Waals surface area contributed by atoms with Crippen LogP contribution in [-0.2, 0) is 6.54 Å². The molecule has 5 heteroatoms. The molecule has 1 aliphatic rings. The van der Waals surface area contributed by atoms with E-state index in [1.807, 2.05) is 29.2 Å². The minimum atomic E-state index is -0.658. The highest BCUT2D eigenvalue weighted by Crippen LogP contribution is 2.33. The lowest BCUT2D eigenvalue weighted by Gasteiger charge is -2.24. The minimum absolute atomic E-state index is 0.214. The zero-order valence-corrected chi connectivity index (χ0v) is 10.9. The summed E-state index contributed by atoms with van der Waals surface area (Å²) in [7, 11) is 0. The maximum atomic E-state index is 13.9. The highest BCUT2D eigenvalue weighted by molar-refractivity contribution is 5.45. The van der Waals surface area contributed by atoms with Crippen molar-refractivity contribution < 1.29 is 8.78 Å². The van der Waals surface area contributed by atoms with Crippen LogP contribution < -0.4 is 10.6 Å². The second-order valence-electron chi connectivity index (χ2n) is 5.06. The molecule has 1 saturated carbocycles. The molecule has 0 unspecified atom stereocenters. The number of benzene rings is 1. The lowest BCUT2D eigenvalue weighted by molar-refractivity contribution is 0.565. The van der Waals surface area contributed by atoms with Gasteiger partial charge in [-0.15, -0.1) is 0 Å². The zero-order valence-electron chi connectivity index (χ0n) is 10.9. The lowest BCUT2D eigenvalue weighted by atomic mass is 10.2. The Kier molecular flexibility index (Phi) is 3.26. The van der Waals surface area contributed by atoms with Gasteiger partial charge in [0.25, 0.3) is 0 Å². The molecule has 3 rings (SSSR count). The summed E-state index contributed by atoms with van der Waals surface area (Å²) in [5.74, 6) is -1.06. The first-order valence-corrected chi connectivity index (χ1v) is 6.55. The third-order valence-corrected chi connectivity index (χ3v) is 3.38. The molecule has 0 radical (unpaired) electrons. The maximum absolute atomic E-state index is 13.9. The van der Waals surface area contributed by atoms with Crippen molar-refractivity contribution in [3.63, 3.8) is 0 Å². The molecule has 1 aliphatic carbocycles. The molecule has 2 N–H and O–H groups in total. The van der Waals surface area contributed by atoms with Crippen molar-refractivity contribution in [3.05, 3.63) is 53.7 Å². The van der Waals surface area contributed by atoms with E-state index in [9.17, 15) is 8.78 Å². The summed E-state index contributed by atoms with van der Waals surface area (Å²) in [6.07, 6.45) is 3.07. The molecule has 0 saturated heterocycles. The Bertz CT molecular complexity index is 609. The van der Waals surface area contributed by atoms with Crippen LogP contribution in [0.15, 0.2) is 36.5 Å². The Morgan fingerprint density at radius 3 is 2.50 bits per heavy atom. The monoisotopic (exact) mass is 275 g/mol. The summed E-state index contributed by atoms with van der Waals surface area (Å²) in [5, 5.41) is 0. The van der Waals surface area contributed by atoms with Gasteiger partial charge in [-0.1, -0.05) is 12.1 Å². The molecule has 20 heavy (non-hydrogen) atoms. The summed E-state index contributed by atoms with van der Waals surface area (Å²) in [5.41, 5.74) is 7.37. The first kappa shape index (κ1) is 12.8. The highest BCUT2D eigenvalue weighted by atomic mass is 19.1. The molecule has 0 aliphatic heterocycles. The van der Waals surface area contributed by atoms with Gasteiger partial charge < -0.3 is 10.6 Å².